The normalized spacial score (nSPS) is 16.2. The summed E-state index contributed by atoms with van der Waals surface area (Å²) in [5.41, 5.74) is 1.92. The maximum Gasteiger partial charge on any atom is 0.323 e. The number of benzene rings is 2. The van der Waals surface area contributed by atoms with Gasteiger partial charge in [-0.2, -0.15) is 0 Å². The number of para-hydroxylation sites is 1. The van der Waals surface area contributed by atoms with Crippen molar-refractivity contribution in [1.29, 1.82) is 0 Å². The first-order valence-corrected chi connectivity index (χ1v) is 11.7. The second-order valence-corrected chi connectivity index (χ2v) is 8.87. The van der Waals surface area contributed by atoms with Crippen molar-refractivity contribution in [3.05, 3.63) is 53.6 Å². The molecule has 0 aromatic heterocycles. The van der Waals surface area contributed by atoms with Gasteiger partial charge in [-0.15, -0.1) is 0 Å². The Bertz CT molecular complexity index is 1080. The number of piperidine rings is 1. The van der Waals surface area contributed by atoms with E-state index in [1.54, 1.807) is 26.1 Å². The number of carboxylic acid groups (broad SMARTS) is 1. The number of carbonyl (C=O) groups excluding carboxylic acids is 2. The SMILES string of the molecule is CNC(C(C)=O)(c1ccc(NC(=O)Nc2ccccc2C)c(OC)c1)C1CCN(CC(=O)O)CC1. The van der Waals surface area contributed by atoms with Crippen LogP contribution in [0.25, 0.3) is 0 Å². The van der Waals surface area contributed by atoms with Gasteiger partial charge in [0.2, 0.25) is 0 Å². The number of nitrogens with one attached hydrogen (secondary N) is 3. The molecule has 1 unspecified atom stereocenters. The fourth-order valence-electron chi connectivity index (χ4n) is 5.00. The number of Topliss-reactive ketones (excluding diaryl/α,β-unsaturated/α-hetero) is 1. The van der Waals surface area contributed by atoms with E-state index in [4.69, 9.17) is 9.84 Å². The van der Waals surface area contributed by atoms with Gasteiger partial charge >= 0.3 is 12.0 Å². The van der Waals surface area contributed by atoms with Crippen molar-refractivity contribution < 1.29 is 24.2 Å². The Kier molecular flexibility index (Phi) is 8.48. The van der Waals surface area contributed by atoms with E-state index >= 15 is 0 Å². The highest BCUT2D eigenvalue weighted by Gasteiger charge is 2.45. The van der Waals surface area contributed by atoms with Crippen LogP contribution in [0.5, 0.6) is 5.75 Å². The molecule has 1 aliphatic rings. The van der Waals surface area contributed by atoms with E-state index in [9.17, 15) is 14.4 Å². The molecule has 0 saturated carbocycles. The Morgan fingerprint density at radius 2 is 1.74 bits per heavy atom. The van der Waals surface area contributed by atoms with Crippen LogP contribution in [0.1, 0.15) is 30.9 Å². The number of anilines is 2. The molecule has 9 nitrogen and oxygen atoms in total. The third-order valence-electron chi connectivity index (χ3n) is 6.81. The molecule has 0 aliphatic carbocycles. The standard InChI is InChI=1S/C26H34N4O5/c1-17-7-5-6-8-21(17)28-25(34)29-22-10-9-20(15-23(22)35-4)26(27-3,18(2)31)19-11-13-30(14-12-19)16-24(32)33/h5-10,15,19,27H,11-14,16H2,1-4H3,(H,32,33)(H2,28,29,34). The summed E-state index contributed by atoms with van der Waals surface area (Å²) in [4.78, 5) is 38.6. The minimum absolute atomic E-state index is 0.00188. The Balaban J connectivity index is 1.83. The van der Waals surface area contributed by atoms with Crippen molar-refractivity contribution in [2.45, 2.75) is 32.2 Å². The van der Waals surface area contributed by atoms with E-state index in [2.05, 4.69) is 16.0 Å². The number of ether oxygens (including phenoxy) is 1. The minimum atomic E-state index is -0.954. The summed E-state index contributed by atoms with van der Waals surface area (Å²) in [5.74, 6) is -0.472. The van der Waals surface area contributed by atoms with Crippen LogP contribution in [0, 0.1) is 12.8 Å². The first-order chi connectivity index (χ1) is 16.7. The second-order valence-electron chi connectivity index (χ2n) is 8.87. The molecule has 2 aromatic carbocycles. The zero-order chi connectivity index (χ0) is 25.6. The number of amides is 2. The van der Waals surface area contributed by atoms with E-state index in [1.807, 2.05) is 42.2 Å². The lowest BCUT2D eigenvalue weighted by atomic mass is 9.71. The molecule has 0 spiro atoms. The summed E-state index contributed by atoms with van der Waals surface area (Å²) < 4.78 is 5.57. The van der Waals surface area contributed by atoms with E-state index in [-0.39, 0.29) is 18.2 Å². The molecule has 2 amide bonds. The maximum atomic E-state index is 13.1. The van der Waals surface area contributed by atoms with Gasteiger partial charge in [0.25, 0.3) is 0 Å². The number of likely N-dealkylation sites (tertiary alicyclic amines) is 1. The number of aryl methyl sites for hydroxylation is 1. The molecule has 1 fully saturated rings. The molecule has 35 heavy (non-hydrogen) atoms. The fourth-order valence-corrected chi connectivity index (χ4v) is 5.00. The van der Waals surface area contributed by atoms with E-state index in [1.165, 1.54) is 7.11 Å². The number of urea groups is 1. The first kappa shape index (κ1) is 26.2. The summed E-state index contributed by atoms with van der Waals surface area (Å²) in [6.45, 7) is 4.68. The molecular formula is C26H34N4O5. The number of hydrogen-bond acceptors (Lipinski definition) is 6. The van der Waals surface area contributed by atoms with Crippen LogP contribution < -0.4 is 20.7 Å². The lowest BCUT2D eigenvalue weighted by molar-refractivity contribution is -0.139. The Morgan fingerprint density at radius 1 is 1.09 bits per heavy atom. The van der Waals surface area contributed by atoms with Gasteiger partial charge in [0.1, 0.15) is 11.3 Å². The number of likely N-dealkylation sites (N-methyl/N-ethyl adjacent to an activating group) is 1. The van der Waals surface area contributed by atoms with Crippen LogP contribution in [-0.4, -0.2) is 61.6 Å². The molecule has 2 aromatic rings. The molecule has 1 aliphatic heterocycles. The van der Waals surface area contributed by atoms with E-state index < -0.39 is 17.5 Å². The van der Waals surface area contributed by atoms with Crippen molar-refractivity contribution in [1.82, 2.24) is 10.2 Å². The van der Waals surface area contributed by atoms with E-state index in [0.29, 0.717) is 43.1 Å². The van der Waals surface area contributed by atoms with Crippen molar-refractivity contribution in [2.75, 3.05) is 44.4 Å². The fraction of sp³-hybridized carbons (Fsp3) is 0.423. The van der Waals surface area contributed by atoms with Crippen molar-refractivity contribution in [3.8, 4) is 5.75 Å². The lowest BCUT2D eigenvalue weighted by Gasteiger charge is -2.43. The summed E-state index contributed by atoms with van der Waals surface area (Å²) in [6.07, 6.45) is 1.35. The topological polar surface area (TPSA) is 120 Å². The molecule has 0 radical (unpaired) electrons. The summed E-state index contributed by atoms with van der Waals surface area (Å²) >= 11 is 0. The van der Waals surface area contributed by atoms with Crippen LogP contribution in [0.4, 0.5) is 16.2 Å². The quantitative estimate of drug-likeness (QED) is 0.432. The van der Waals surface area contributed by atoms with Crippen LogP contribution in [0.15, 0.2) is 42.5 Å². The number of carboxylic acids is 1. The molecule has 1 atom stereocenters. The number of aliphatic carboxylic acids is 1. The average Bonchev–Trinajstić information content (AvgIpc) is 2.82. The summed E-state index contributed by atoms with van der Waals surface area (Å²) in [5, 5.41) is 18.0. The number of carbonyl (C=O) groups is 3. The monoisotopic (exact) mass is 482 g/mol. The largest absolute Gasteiger partial charge is 0.495 e. The number of methoxy groups -OCH3 is 1. The third-order valence-corrected chi connectivity index (χ3v) is 6.81. The highest BCUT2D eigenvalue weighted by Crippen LogP contribution is 2.40. The molecule has 1 heterocycles. The Hall–Kier alpha value is -3.43. The van der Waals surface area contributed by atoms with E-state index in [0.717, 1.165) is 11.1 Å². The number of nitrogens with zero attached hydrogens (tertiary/aromatic N) is 1. The number of hydrogen-bond donors (Lipinski definition) is 4. The Labute approximate surface area is 205 Å². The van der Waals surface area contributed by atoms with Gasteiger partial charge in [0.05, 0.1) is 19.3 Å². The summed E-state index contributed by atoms with van der Waals surface area (Å²) in [6, 6.07) is 12.4. The lowest BCUT2D eigenvalue weighted by Crippen LogP contribution is -2.55. The Morgan fingerprint density at radius 3 is 2.31 bits per heavy atom. The van der Waals surface area contributed by atoms with Crippen LogP contribution >= 0.6 is 0 Å². The third kappa shape index (κ3) is 5.80. The van der Waals surface area contributed by atoms with Crippen LogP contribution in [0.3, 0.4) is 0 Å². The molecule has 3 rings (SSSR count). The number of ketones is 1. The average molecular weight is 483 g/mol. The molecular weight excluding hydrogens is 448 g/mol. The van der Waals surface area contributed by atoms with Gasteiger partial charge in [-0.3, -0.25) is 14.5 Å². The van der Waals surface area contributed by atoms with Gasteiger partial charge in [0.15, 0.2) is 5.78 Å². The molecule has 4 N–H and O–H groups in total. The maximum absolute atomic E-state index is 13.1. The van der Waals surface area contributed by atoms with Crippen molar-refractivity contribution in [2.24, 2.45) is 5.92 Å². The smallest absolute Gasteiger partial charge is 0.323 e. The highest BCUT2D eigenvalue weighted by atomic mass is 16.5. The van der Waals surface area contributed by atoms with Gasteiger partial charge in [-0.25, -0.2) is 4.79 Å². The molecule has 1 saturated heterocycles. The van der Waals surface area contributed by atoms with Gasteiger partial charge in [-0.05, 0) is 82.1 Å². The molecule has 188 valence electrons. The van der Waals surface area contributed by atoms with Gasteiger partial charge in [-0.1, -0.05) is 24.3 Å². The molecule has 9 heteroatoms. The first-order valence-electron chi connectivity index (χ1n) is 11.7. The predicted octanol–water partition coefficient (Wildman–Crippen LogP) is 3.45. The minimum Gasteiger partial charge on any atom is -0.495 e. The predicted molar refractivity (Wildman–Crippen MR) is 135 cm³/mol. The molecule has 0 bridgehead atoms. The zero-order valence-corrected chi connectivity index (χ0v) is 20.7. The van der Waals surface area contributed by atoms with Gasteiger partial charge in [0, 0.05) is 5.69 Å². The highest BCUT2D eigenvalue weighted by molar-refractivity contribution is 6.01. The second kappa shape index (κ2) is 11.3. The van der Waals surface area contributed by atoms with Gasteiger partial charge < -0.3 is 25.8 Å². The number of rotatable bonds is 9. The van der Waals surface area contributed by atoms with Crippen molar-refractivity contribution in [3.63, 3.8) is 0 Å². The van der Waals surface area contributed by atoms with Crippen molar-refractivity contribution >= 4 is 29.2 Å². The summed E-state index contributed by atoms with van der Waals surface area (Å²) in [7, 11) is 3.28. The van der Waals surface area contributed by atoms with Crippen LogP contribution in [0.2, 0.25) is 0 Å². The zero-order valence-electron chi connectivity index (χ0n) is 20.7. The van der Waals surface area contributed by atoms with Crippen LogP contribution in [-0.2, 0) is 15.1 Å².